The summed E-state index contributed by atoms with van der Waals surface area (Å²) in [4.78, 5) is 39.5. The monoisotopic (exact) mass is 505 g/mol. The molecule has 2 aliphatic rings. The summed E-state index contributed by atoms with van der Waals surface area (Å²) >= 11 is 0. The molecule has 0 unspecified atom stereocenters. The summed E-state index contributed by atoms with van der Waals surface area (Å²) in [5.41, 5.74) is 1.04. The Hall–Kier alpha value is -3.60. The molecule has 3 amide bonds. The van der Waals surface area contributed by atoms with Gasteiger partial charge in [0.2, 0.25) is 6.10 Å². The Morgan fingerprint density at radius 1 is 1.00 bits per heavy atom. The molecule has 0 aliphatic carbocycles. The van der Waals surface area contributed by atoms with Crippen LogP contribution in [0.3, 0.4) is 0 Å². The second-order valence-corrected chi connectivity index (χ2v) is 8.88. The molecule has 0 saturated carbocycles. The fourth-order valence-corrected chi connectivity index (χ4v) is 4.70. The lowest BCUT2D eigenvalue weighted by Gasteiger charge is -2.32. The zero-order valence-corrected chi connectivity index (χ0v) is 19.3. The number of carboxylic acid groups (broad SMARTS) is 1. The second-order valence-electron chi connectivity index (χ2n) is 8.88. The van der Waals surface area contributed by atoms with Crippen LogP contribution in [0.2, 0.25) is 0 Å². The molecule has 192 valence electrons. The van der Waals surface area contributed by atoms with Crippen molar-refractivity contribution in [2.75, 3.05) is 26.2 Å². The number of halogens is 3. The summed E-state index contributed by atoms with van der Waals surface area (Å²) in [6, 6.07) is 6.89. The highest BCUT2D eigenvalue weighted by Gasteiger charge is 2.50. The molecule has 2 aliphatic heterocycles. The molecule has 2 fully saturated rings. The van der Waals surface area contributed by atoms with Crippen LogP contribution in [-0.2, 0) is 9.53 Å². The number of aliphatic carboxylic acids is 1. The van der Waals surface area contributed by atoms with Gasteiger partial charge in [0.25, 0.3) is 0 Å². The maximum absolute atomic E-state index is 13.8. The molecule has 2 N–H and O–H groups in total. The predicted octanol–water partition coefficient (Wildman–Crippen LogP) is 4.03. The first kappa shape index (κ1) is 25.5. The third-order valence-corrected chi connectivity index (χ3v) is 6.59. The molecule has 2 saturated heterocycles. The average Bonchev–Trinajstić information content (AvgIpc) is 3.22. The molecule has 2 heterocycles. The van der Waals surface area contributed by atoms with E-state index in [1.165, 1.54) is 12.1 Å². The van der Waals surface area contributed by atoms with Crippen molar-refractivity contribution >= 4 is 18.1 Å². The number of ether oxygens (including phenoxy) is 1. The zero-order chi connectivity index (χ0) is 25.8. The standard InChI is InChI=1S/C25H26F3N3O5/c26-18-5-2-15(3-6-18)16-8-12-30(13-9-16)11-1-10-29-24(34)31-21(22(23(32)33)36-25(31)35)17-4-7-19(27)20(28)14-17/h2-7,14,16,21-22H,1,8-13H2,(H,29,34)(H,32,33)/t21-,22+/m0/s1. The lowest BCUT2D eigenvalue weighted by molar-refractivity contribution is -0.146. The summed E-state index contributed by atoms with van der Waals surface area (Å²) in [6.07, 6.45) is -0.490. The third kappa shape index (κ3) is 5.62. The first-order valence-electron chi connectivity index (χ1n) is 11.7. The molecular formula is C25H26F3N3O5. The van der Waals surface area contributed by atoms with Crippen molar-refractivity contribution in [2.45, 2.75) is 37.3 Å². The number of nitrogens with one attached hydrogen (secondary N) is 1. The first-order valence-corrected chi connectivity index (χ1v) is 11.7. The van der Waals surface area contributed by atoms with E-state index in [-0.39, 0.29) is 17.9 Å². The molecule has 0 spiro atoms. The number of benzene rings is 2. The van der Waals surface area contributed by atoms with Gasteiger partial charge in [-0.25, -0.2) is 32.5 Å². The highest BCUT2D eigenvalue weighted by atomic mass is 19.2. The van der Waals surface area contributed by atoms with Gasteiger partial charge < -0.3 is 20.1 Å². The number of piperidine rings is 1. The van der Waals surface area contributed by atoms with E-state index in [4.69, 9.17) is 4.74 Å². The molecular weight excluding hydrogens is 479 g/mol. The zero-order valence-electron chi connectivity index (χ0n) is 19.3. The number of rotatable bonds is 7. The van der Waals surface area contributed by atoms with Crippen LogP contribution < -0.4 is 5.32 Å². The number of carboxylic acids is 1. The number of urea groups is 1. The lowest BCUT2D eigenvalue weighted by Crippen LogP contribution is -2.44. The number of imide groups is 1. The van der Waals surface area contributed by atoms with Crippen molar-refractivity contribution in [3.63, 3.8) is 0 Å². The van der Waals surface area contributed by atoms with E-state index >= 15 is 0 Å². The number of nitrogens with zero attached hydrogens (tertiary/aromatic N) is 2. The van der Waals surface area contributed by atoms with Crippen LogP contribution in [0.4, 0.5) is 22.8 Å². The van der Waals surface area contributed by atoms with Gasteiger partial charge in [0.1, 0.15) is 11.9 Å². The molecule has 4 rings (SSSR count). The Bertz CT molecular complexity index is 1120. The topological polar surface area (TPSA) is 99.2 Å². The van der Waals surface area contributed by atoms with Crippen LogP contribution in [-0.4, -0.2) is 65.3 Å². The summed E-state index contributed by atoms with van der Waals surface area (Å²) < 4.78 is 45.1. The Kier molecular flexibility index (Phi) is 7.78. The number of carbonyl (C=O) groups excluding carboxylic acids is 2. The van der Waals surface area contributed by atoms with E-state index in [1.54, 1.807) is 0 Å². The number of likely N-dealkylation sites (tertiary alicyclic amines) is 1. The van der Waals surface area contributed by atoms with Gasteiger partial charge in [-0.2, -0.15) is 0 Å². The van der Waals surface area contributed by atoms with Gasteiger partial charge in [-0.15, -0.1) is 0 Å². The normalized spacial score (nSPS) is 20.9. The summed E-state index contributed by atoms with van der Waals surface area (Å²) in [7, 11) is 0. The molecule has 11 heteroatoms. The lowest BCUT2D eigenvalue weighted by atomic mass is 9.89. The minimum absolute atomic E-state index is 0.0775. The van der Waals surface area contributed by atoms with Gasteiger partial charge in [0, 0.05) is 6.54 Å². The van der Waals surface area contributed by atoms with Crippen molar-refractivity contribution < 1.29 is 37.4 Å². The van der Waals surface area contributed by atoms with Crippen molar-refractivity contribution in [3.05, 3.63) is 71.0 Å². The van der Waals surface area contributed by atoms with E-state index in [9.17, 15) is 32.7 Å². The van der Waals surface area contributed by atoms with Crippen molar-refractivity contribution in [1.29, 1.82) is 0 Å². The SMILES string of the molecule is O=C(O)[C@@H]1OC(=O)N(C(=O)NCCCN2CCC(c3ccc(F)cc3)CC2)[C@H]1c1ccc(F)c(F)c1. The Morgan fingerprint density at radius 3 is 2.31 bits per heavy atom. The van der Waals surface area contributed by atoms with Crippen LogP contribution in [0.1, 0.15) is 42.3 Å². The maximum atomic E-state index is 13.8. The highest BCUT2D eigenvalue weighted by Crippen LogP contribution is 2.34. The van der Waals surface area contributed by atoms with Crippen LogP contribution >= 0.6 is 0 Å². The number of hydrogen-bond acceptors (Lipinski definition) is 5. The fraction of sp³-hybridized carbons (Fsp3) is 0.400. The Labute approximate surface area is 205 Å². The summed E-state index contributed by atoms with van der Waals surface area (Å²) in [5, 5.41) is 12.0. The predicted molar refractivity (Wildman–Crippen MR) is 122 cm³/mol. The molecule has 36 heavy (non-hydrogen) atoms. The van der Waals surface area contributed by atoms with Gasteiger partial charge in [-0.05, 0) is 80.2 Å². The molecule has 2 aromatic rings. The molecule has 2 aromatic carbocycles. The second kappa shape index (κ2) is 11.0. The highest BCUT2D eigenvalue weighted by molar-refractivity contribution is 5.95. The van der Waals surface area contributed by atoms with Crippen LogP contribution in [0.25, 0.3) is 0 Å². The van der Waals surface area contributed by atoms with Gasteiger partial charge in [-0.3, -0.25) is 0 Å². The summed E-state index contributed by atoms with van der Waals surface area (Å²) in [6.45, 7) is 2.62. The molecule has 0 bridgehead atoms. The minimum atomic E-state index is -1.75. The van der Waals surface area contributed by atoms with E-state index < -0.39 is 41.9 Å². The molecule has 8 nitrogen and oxygen atoms in total. The quantitative estimate of drug-likeness (QED) is 0.552. The van der Waals surface area contributed by atoms with Crippen molar-refractivity contribution in [1.82, 2.24) is 15.1 Å². The number of hydrogen-bond donors (Lipinski definition) is 2. The van der Waals surface area contributed by atoms with Gasteiger partial charge in [0.05, 0.1) is 0 Å². The molecule has 0 aromatic heterocycles. The van der Waals surface area contributed by atoms with Crippen molar-refractivity contribution in [2.24, 2.45) is 0 Å². The maximum Gasteiger partial charge on any atom is 0.419 e. The van der Waals surface area contributed by atoms with Gasteiger partial charge in [-0.1, -0.05) is 18.2 Å². The third-order valence-electron chi connectivity index (χ3n) is 6.59. The Balaban J connectivity index is 1.29. The van der Waals surface area contributed by atoms with Gasteiger partial charge >= 0.3 is 18.1 Å². The van der Waals surface area contributed by atoms with Gasteiger partial charge in [0.15, 0.2) is 11.6 Å². The first-order chi connectivity index (χ1) is 17.2. The average molecular weight is 505 g/mol. The molecule has 0 radical (unpaired) electrons. The minimum Gasteiger partial charge on any atom is -0.478 e. The van der Waals surface area contributed by atoms with Crippen LogP contribution in [0.5, 0.6) is 0 Å². The molecule has 2 atom stereocenters. The number of carbonyl (C=O) groups is 3. The number of amides is 3. The van der Waals surface area contributed by atoms with Crippen molar-refractivity contribution in [3.8, 4) is 0 Å². The fourth-order valence-electron chi connectivity index (χ4n) is 4.70. The van der Waals surface area contributed by atoms with Crippen LogP contribution in [0, 0.1) is 17.5 Å². The van der Waals surface area contributed by atoms with E-state index in [1.807, 2.05) is 12.1 Å². The van der Waals surface area contributed by atoms with E-state index in [0.29, 0.717) is 23.8 Å². The van der Waals surface area contributed by atoms with E-state index in [0.717, 1.165) is 49.7 Å². The number of cyclic esters (lactones) is 1. The van der Waals surface area contributed by atoms with Crippen LogP contribution in [0.15, 0.2) is 42.5 Å². The van der Waals surface area contributed by atoms with E-state index in [2.05, 4.69) is 10.2 Å². The smallest absolute Gasteiger partial charge is 0.419 e. The largest absolute Gasteiger partial charge is 0.478 e. The Morgan fingerprint density at radius 2 is 1.67 bits per heavy atom. The summed E-state index contributed by atoms with van der Waals surface area (Å²) in [5.74, 6) is -3.78.